The van der Waals surface area contributed by atoms with Crippen molar-refractivity contribution >= 4 is 11.6 Å². The van der Waals surface area contributed by atoms with Gasteiger partial charge < -0.3 is 0 Å². The summed E-state index contributed by atoms with van der Waals surface area (Å²) in [6.45, 7) is 6.77. The molecule has 0 nitrogen and oxygen atoms in total. The zero-order valence-corrected chi connectivity index (χ0v) is 21.7. The first-order chi connectivity index (χ1) is 17.4. The van der Waals surface area contributed by atoms with E-state index in [4.69, 9.17) is 11.6 Å². The van der Waals surface area contributed by atoms with Gasteiger partial charge in [-0.2, -0.15) is 0 Å². The number of rotatable bonds is 3. The highest BCUT2D eigenvalue weighted by atomic mass is 35.5. The van der Waals surface area contributed by atoms with Crippen LogP contribution in [0.1, 0.15) is 48.6 Å². The van der Waals surface area contributed by atoms with Crippen LogP contribution in [0.15, 0.2) is 121 Å². The molecule has 5 aromatic rings. The molecule has 0 bridgehead atoms. The molecule has 5 aromatic carbocycles. The fraction of sp³-hybridized carbons (Fsp3) is 0.143. The summed E-state index contributed by atoms with van der Waals surface area (Å²) in [5.74, 6) is 0. The molecule has 0 atom stereocenters. The summed E-state index contributed by atoms with van der Waals surface area (Å²) >= 11 is 6.36. The predicted octanol–water partition coefficient (Wildman–Crippen LogP) is 9.67. The zero-order chi connectivity index (χ0) is 24.9. The lowest BCUT2D eigenvalue weighted by atomic mass is 9.67. The molecule has 0 unspecified atom stereocenters. The van der Waals surface area contributed by atoms with Gasteiger partial charge in [-0.05, 0) is 73.7 Å². The molecule has 6 rings (SSSR count). The summed E-state index contributed by atoms with van der Waals surface area (Å²) in [4.78, 5) is 0. The number of fused-ring (bicyclic) bond motifs is 3. The number of hydrogen-bond donors (Lipinski definition) is 0. The van der Waals surface area contributed by atoms with Crippen molar-refractivity contribution in [3.05, 3.63) is 154 Å². The van der Waals surface area contributed by atoms with Crippen LogP contribution in [0.3, 0.4) is 0 Å². The average molecular weight is 485 g/mol. The van der Waals surface area contributed by atoms with Crippen molar-refractivity contribution in [2.45, 2.75) is 31.6 Å². The lowest BCUT2D eigenvalue weighted by molar-refractivity contribution is 0.590. The highest BCUT2D eigenvalue weighted by Crippen LogP contribution is 2.56. The first-order valence-electron chi connectivity index (χ1n) is 12.6. The summed E-state index contributed by atoms with van der Waals surface area (Å²) in [5.41, 5.74) is 11.2. The molecule has 0 aliphatic heterocycles. The third-order valence-corrected chi connectivity index (χ3v) is 7.86. The van der Waals surface area contributed by atoms with Crippen molar-refractivity contribution in [1.29, 1.82) is 0 Å². The average Bonchev–Trinajstić information content (AvgIpc) is 3.20. The summed E-state index contributed by atoms with van der Waals surface area (Å²) in [6.07, 6.45) is 0. The maximum atomic E-state index is 6.36. The van der Waals surface area contributed by atoms with Gasteiger partial charge in [0.2, 0.25) is 0 Å². The standard InChI is InChI=1S/C35H29Cl/c1-34(2,3)26-17-15-24(16-18-26)25-9-8-10-28(23-25)35(27-19-21-29(36)22-20-27)32-13-6-4-11-30(32)31-12-5-7-14-33(31)35/h4-23H,1-3H3. The van der Waals surface area contributed by atoms with E-state index in [1.54, 1.807) is 0 Å². The molecule has 36 heavy (non-hydrogen) atoms. The highest BCUT2D eigenvalue weighted by Gasteiger charge is 2.45. The van der Waals surface area contributed by atoms with Crippen LogP contribution in [0.4, 0.5) is 0 Å². The Hall–Kier alpha value is -3.61. The Kier molecular flexibility index (Phi) is 5.39. The third-order valence-electron chi connectivity index (χ3n) is 7.61. The van der Waals surface area contributed by atoms with E-state index in [2.05, 4.69) is 130 Å². The zero-order valence-electron chi connectivity index (χ0n) is 20.9. The Morgan fingerprint density at radius 3 is 1.69 bits per heavy atom. The van der Waals surface area contributed by atoms with E-state index in [0.29, 0.717) is 0 Å². The summed E-state index contributed by atoms with van der Waals surface area (Å²) < 4.78 is 0. The molecule has 1 aliphatic rings. The maximum Gasteiger partial charge on any atom is 0.0713 e. The van der Waals surface area contributed by atoms with E-state index in [-0.39, 0.29) is 5.41 Å². The van der Waals surface area contributed by atoms with Crippen LogP contribution in [-0.4, -0.2) is 0 Å². The molecule has 0 aromatic heterocycles. The van der Waals surface area contributed by atoms with Gasteiger partial charge >= 0.3 is 0 Å². The second-order valence-electron chi connectivity index (χ2n) is 10.8. The maximum absolute atomic E-state index is 6.36. The summed E-state index contributed by atoms with van der Waals surface area (Å²) in [5, 5.41) is 0.751. The largest absolute Gasteiger partial charge is 0.0843 e. The molecule has 0 spiro atoms. The van der Waals surface area contributed by atoms with E-state index in [1.807, 2.05) is 12.1 Å². The SMILES string of the molecule is CC(C)(C)c1ccc(-c2cccc(C3(c4ccc(Cl)cc4)c4ccccc4-c4ccccc43)c2)cc1. The molecule has 0 N–H and O–H groups in total. The fourth-order valence-corrected chi connectivity index (χ4v) is 5.94. The topological polar surface area (TPSA) is 0 Å². The summed E-state index contributed by atoms with van der Waals surface area (Å²) in [6, 6.07) is 44.2. The van der Waals surface area contributed by atoms with Gasteiger partial charge in [0.25, 0.3) is 0 Å². The lowest BCUT2D eigenvalue weighted by Crippen LogP contribution is -2.28. The van der Waals surface area contributed by atoms with Crippen LogP contribution < -0.4 is 0 Å². The van der Waals surface area contributed by atoms with Crippen LogP contribution in [0.5, 0.6) is 0 Å². The van der Waals surface area contributed by atoms with Crippen LogP contribution in [0, 0.1) is 0 Å². The van der Waals surface area contributed by atoms with Gasteiger partial charge in [0.1, 0.15) is 0 Å². The Bertz CT molecular complexity index is 1500. The van der Waals surface area contributed by atoms with Crippen molar-refractivity contribution in [2.24, 2.45) is 0 Å². The van der Waals surface area contributed by atoms with E-state index < -0.39 is 5.41 Å². The molecule has 0 saturated heterocycles. The monoisotopic (exact) mass is 484 g/mol. The molecule has 1 aliphatic carbocycles. The molecule has 0 fully saturated rings. The van der Waals surface area contributed by atoms with Gasteiger partial charge in [-0.15, -0.1) is 0 Å². The normalized spacial score (nSPS) is 13.8. The third kappa shape index (κ3) is 3.52. The Morgan fingerprint density at radius 2 is 1.11 bits per heavy atom. The van der Waals surface area contributed by atoms with Crippen molar-refractivity contribution < 1.29 is 0 Å². The van der Waals surface area contributed by atoms with Crippen molar-refractivity contribution in [3.63, 3.8) is 0 Å². The van der Waals surface area contributed by atoms with Gasteiger partial charge in [0.05, 0.1) is 5.41 Å². The molecule has 0 amide bonds. The second-order valence-corrected chi connectivity index (χ2v) is 11.2. The van der Waals surface area contributed by atoms with Gasteiger partial charge in [-0.1, -0.05) is 136 Å². The minimum atomic E-state index is -0.418. The van der Waals surface area contributed by atoms with Crippen LogP contribution >= 0.6 is 11.6 Å². The van der Waals surface area contributed by atoms with E-state index in [0.717, 1.165) is 5.02 Å². The molecular weight excluding hydrogens is 456 g/mol. The van der Waals surface area contributed by atoms with Crippen molar-refractivity contribution in [1.82, 2.24) is 0 Å². The van der Waals surface area contributed by atoms with Gasteiger partial charge in [0, 0.05) is 5.02 Å². The second kappa shape index (κ2) is 8.50. The molecule has 0 radical (unpaired) electrons. The lowest BCUT2D eigenvalue weighted by Gasteiger charge is -2.34. The minimum absolute atomic E-state index is 0.135. The minimum Gasteiger partial charge on any atom is -0.0843 e. The Morgan fingerprint density at radius 1 is 0.528 bits per heavy atom. The van der Waals surface area contributed by atoms with Gasteiger partial charge in [-0.3, -0.25) is 0 Å². The van der Waals surface area contributed by atoms with Crippen LogP contribution in [-0.2, 0) is 10.8 Å². The quantitative estimate of drug-likeness (QED) is 0.234. The van der Waals surface area contributed by atoms with Crippen molar-refractivity contribution in [2.75, 3.05) is 0 Å². The molecular formula is C35H29Cl. The number of halogens is 1. The Balaban J connectivity index is 1.61. The number of benzene rings is 5. The molecule has 176 valence electrons. The van der Waals surface area contributed by atoms with E-state index in [1.165, 1.54) is 50.1 Å². The highest BCUT2D eigenvalue weighted by molar-refractivity contribution is 6.30. The van der Waals surface area contributed by atoms with Gasteiger partial charge in [-0.25, -0.2) is 0 Å². The smallest absolute Gasteiger partial charge is 0.0713 e. The Labute approximate surface area is 219 Å². The van der Waals surface area contributed by atoms with Crippen molar-refractivity contribution in [3.8, 4) is 22.3 Å². The molecule has 1 heteroatoms. The molecule has 0 saturated carbocycles. The fourth-order valence-electron chi connectivity index (χ4n) is 5.82. The van der Waals surface area contributed by atoms with Crippen LogP contribution in [0.25, 0.3) is 22.3 Å². The van der Waals surface area contributed by atoms with Gasteiger partial charge in [0.15, 0.2) is 0 Å². The predicted molar refractivity (Wildman–Crippen MR) is 153 cm³/mol. The van der Waals surface area contributed by atoms with E-state index in [9.17, 15) is 0 Å². The van der Waals surface area contributed by atoms with Crippen LogP contribution in [0.2, 0.25) is 5.02 Å². The molecule has 0 heterocycles. The van der Waals surface area contributed by atoms with E-state index >= 15 is 0 Å². The summed E-state index contributed by atoms with van der Waals surface area (Å²) in [7, 11) is 0. The first-order valence-corrected chi connectivity index (χ1v) is 12.9. The number of hydrogen-bond acceptors (Lipinski definition) is 0. The first kappa shape index (κ1) is 22.8.